The molecule has 4 rings (SSSR count). The van der Waals surface area contributed by atoms with Crippen molar-refractivity contribution in [2.45, 2.75) is 77.3 Å². The highest BCUT2D eigenvalue weighted by Gasteiger charge is 2.42. The Labute approximate surface area is 207 Å². The highest BCUT2D eigenvalue weighted by Crippen LogP contribution is 2.35. The third-order valence-corrected chi connectivity index (χ3v) is 6.46. The molecule has 1 unspecified atom stereocenters. The van der Waals surface area contributed by atoms with Crippen LogP contribution in [0.15, 0.2) is 24.5 Å². The number of morpholine rings is 1. The van der Waals surface area contributed by atoms with Crippen LogP contribution >= 0.6 is 0 Å². The zero-order valence-corrected chi connectivity index (χ0v) is 21.5. The summed E-state index contributed by atoms with van der Waals surface area (Å²) in [5, 5.41) is 1.08. The lowest BCUT2D eigenvalue weighted by molar-refractivity contribution is -0.152. The van der Waals surface area contributed by atoms with Crippen molar-refractivity contribution in [1.29, 1.82) is 0 Å². The Kier molecular flexibility index (Phi) is 7.66. The van der Waals surface area contributed by atoms with Crippen LogP contribution in [0.5, 0.6) is 0 Å². The van der Waals surface area contributed by atoms with E-state index in [2.05, 4.69) is 22.9 Å². The summed E-state index contributed by atoms with van der Waals surface area (Å²) in [4.78, 5) is 34.4. The number of carbonyl (C=O) groups is 2. The molecule has 35 heavy (non-hydrogen) atoms. The fraction of sp³-hybridized carbons (Fsp3) is 0.654. The molecular formula is C26H38N4O5. The number of methoxy groups -OCH3 is 1. The molecule has 2 aliphatic rings. The molecule has 0 N–H and O–H groups in total. The van der Waals surface area contributed by atoms with Crippen molar-refractivity contribution >= 4 is 22.9 Å². The molecule has 3 heterocycles. The van der Waals surface area contributed by atoms with Gasteiger partial charge in [0.05, 0.1) is 30.4 Å². The maximum atomic E-state index is 13.7. The lowest BCUT2D eigenvalue weighted by Crippen LogP contribution is -2.54. The number of pyridine rings is 1. The molecule has 9 nitrogen and oxygen atoms in total. The van der Waals surface area contributed by atoms with Crippen LogP contribution in [0, 0.1) is 0 Å². The van der Waals surface area contributed by atoms with E-state index in [0.717, 1.165) is 42.4 Å². The molecule has 2 fully saturated rings. The second-order valence-corrected chi connectivity index (χ2v) is 10.5. The molecule has 2 atom stereocenters. The Bertz CT molecular complexity index is 1040. The van der Waals surface area contributed by atoms with Gasteiger partial charge in [-0.25, -0.2) is 4.79 Å². The van der Waals surface area contributed by atoms with Crippen molar-refractivity contribution in [3.8, 4) is 0 Å². The van der Waals surface area contributed by atoms with Crippen LogP contribution in [0.3, 0.4) is 0 Å². The summed E-state index contributed by atoms with van der Waals surface area (Å²) in [6, 6.07) is 4.12. The SMILES string of the molecule is COCCCn1ccc2cnc(C(C)N(C(=O)[C@H]3CN(C(=O)OC(C)(C)C)CCO3)C3CC3)cc21. The van der Waals surface area contributed by atoms with Crippen molar-refractivity contribution in [3.05, 3.63) is 30.2 Å². The first-order valence-corrected chi connectivity index (χ1v) is 12.5. The molecule has 0 bridgehead atoms. The first-order chi connectivity index (χ1) is 16.7. The van der Waals surface area contributed by atoms with Gasteiger partial charge in [-0.2, -0.15) is 0 Å². The Hall–Kier alpha value is -2.65. The number of carbonyl (C=O) groups excluding carboxylic acids is 2. The highest BCUT2D eigenvalue weighted by atomic mass is 16.6. The van der Waals surface area contributed by atoms with E-state index in [9.17, 15) is 9.59 Å². The Morgan fingerprint density at radius 1 is 1.31 bits per heavy atom. The number of nitrogens with zero attached hydrogens (tertiary/aromatic N) is 4. The number of hydrogen-bond donors (Lipinski definition) is 0. The molecule has 9 heteroatoms. The quantitative estimate of drug-likeness (QED) is 0.528. The van der Waals surface area contributed by atoms with E-state index < -0.39 is 17.8 Å². The summed E-state index contributed by atoms with van der Waals surface area (Å²) >= 11 is 0. The number of hydrogen-bond acceptors (Lipinski definition) is 6. The first kappa shape index (κ1) is 25.4. The van der Waals surface area contributed by atoms with Gasteiger partial charge in [0.25, 0.3) is 5.91 Å². The van der Waals surface area contributed by atoms with Crippen molar-refractivity contribution in [3.63, 3.8) is 0 Å². The molecule has 1 aliphatic carbocycles. The van der Waals surface area contributed by atoms with Gasteiger partial charge in [0.1, 0.15) is 5.60 Å². The molecule has 2 aromatic rings. The Morgan fingerprint density at radius 3 is 2.77 bits per heavy atom. The number of aryl methyl sites for hydroxylation is 1. The Morgan fingerprint density at radius 2 is 2.09 bits per heavy atom. The van der Waals surface area contributed by atoms with E-state index in [4.69, 9.17) is 19.2 Å². The molecule has 0 aromatic carbocycles. The smallest absolute Gasteiger partial charge is 0.410 e. The van der Waals surface area contributed by atoms with Crippen LogP contribution in [0.2, 0.25) is 0 Å². The second kappa shape index (κ2) is 10.5. The normalized spacial score (nSPS) is 19.6. The van der Waals surface area contributed by atoms with E-state index >= 15 is 0 Å². The van der Waals surface area contributed by atoms with Crippen LogP contribution in [-0.4, -0.2) is 82.5 Å². The lowest BCUT2D eigenvalue weighted by Gasteiger charge is -2.37. The molecule has 0 spiro atoms. The minimum absolute atomic E-state index is 0.0920. The number of aromatic nitrogens is 2. The lowest BCUT2D eigenvalue weighted by atomic mass is 10.1. The van der Waals surface area contributed by atoms with Gasteiger partial charge in [0, 0.05) is 50.6 Å². The zero-order valence-electron chi connectivity index (χ0n) is 21.5. The second-order valence-electron chi connectivity index (χ2n) is 10.5. The van der Waals surface area contributed by atoms with Crippen molar-refractivity contribution in [1.82, 2.24) is 19.4 Å². The monoisotopic (exact) mass is 486 g/mol. The molecular weight excluding hydrogens is 448 g/mol. The third kappa shape index (κ3) is 6.13. The highest BCUT2D eigenvalue weighted by molar-refractivity contribution is 5.84. The van der Waals surface area contributed by atoms with E-state index in [1.807, 2.05) is 38.8 Å². The summed E-state index contributed by atoms with van der Waals surface area (Å²) in [6.45, 7) is 10.0. The van der Waals surface area contributed by atoms with Gasteiger partial charge in [-0.3, -0.25) is 9.78 Å². The van der Waals surface area contributed by atoms with Gasteiger partial charge >= 0.3 is 6.09 Å². The van der Waals surface area contributed by atoms with Gasteiger partial charge in [-0.1, -0.05) is 0 Å². The van der Waals surface area contributed by atoms with Crippen molar-refractivity contribution in [2.75, 3.05) is 33.4 Å². The molecule has 1 saturated carbocycles. The predicted molar refractivity (Wildman–Crippen MR) is 132 cm³/mol. The standard InChI is InChI=1S/C26H38N4O5/c1-18(21-15-22-19(16-27-21)9-11-28(22)10-6-13-33-5)30(20-7-8-20)24(31)23-17-29(12-14-34-23)25(32)35-26(2,3)4/h9,11,15-16,18,20,23H,6-8,10,12-14,17H2,1-5H3/t18?,23-/m1/s1. The molecule has 192 valence electrons. The topological polar surface area (TPSA) is 86.1 Å². The first-order valence-electron chi connectivity index (χ1n) is 12.5. The largest absolute Gasteiger partial charge is 0.444 e. The fourth-order valence-electron chi connectivity index (χ4n) is 4.54. The van der Waals surface area contributed by atoms with Crippen molar-refractivity contribution < 1.29 is 23.8 Å². The van der Waals surface area contributed by atoms with Gasteiger partial charge in [-0.05, 0) is 59.1 Å². The van der Waals surface area contributed by atoms with Crippen LogP contribution in [0.4, 0.5) is 4.79 Å². The number of ether oxygens (including phenoxy) is 3. The van der Waals surface area contributed by atoms with Crippen LogP contribution in [-0.2, 0) is 25.5 Å². The summed E-state index contributed by atoms with van der Waals surface area (Å²) in [5.74, 6) is -0.0920. The molecule has 2 amide bonds. The molecule has 2 aromatic heterocycles. The van der Waals surface area contributed by atoms with Crippen LogP contribution in [0.1, 0.15) is 58.7 Å². The maximum Gasteiger partial charge on any atom is 0.410 e. The molecule has 0 radical (unpaired) electrons. The van der Waals surface area contributed by atoms with E-state index in [1.165, 1.54) is 0 Å². The fourth-order valence-corrected chi connectivity index (χ4v) is 4.54. The van der Waals surface area contributed by atoms with Gasteiger partial charge < -0.3 is 28.6 Å². The van der Waals surface area contributed by atoms with Gasteiger partial charge in [-0.15, -0.1) is 0 Å². The summed E-state index contributed by atoms with van der Waals surface area (Å²) in [5.41, 5.74) is 1.37. The Balaban J connectivity index is 1.50. The minimum Gasteiger partial charge on any atom is -0.444 e. The van der Waals surface area contributed by atoms with Gasteiger partial charge in [0.15, 0.2) is 6.10 Å². The number of fused-ring (bicyclic) bond motifs is 1. The summed E-state index contributed by atoms with van der Waals surface area (Å²) < 4.78 is 18.8. The summed E-state index contributed by atoms with van der Waals surface area (Å²) in [6.07, 6.45) is 5.69. The number of rotatable bonds is 8. The number of amides is 2. The third-order valence-electron chi connectivity index (χ3n) is 6.46. The van der Waals surface area contributed by atoms with Crippen LogP contribution in [0.25, 0.3) is 10.9 Å². The zero-order chi connectivity index (χ0) is 25.2. The molecule has 1 saturated heterocycles. The average Bonchev–Trinajstić information content (AvgIpc) is 3.57. The maximum absolute atomic E-state index is 13.7. The minimum atomic E-state index is -0.707. The van der Waals surface area contributed by atoms with E-state index in [0.29, 0.717) is 19.8 Å². The van der Waals surface area contributed by atoms with Crippen molar-refractivity contribution in [2.24, 2.45) is 0 Å². The predicted octanol–water partition coefficient (Wildman–Crippen LogP) is 3.76. The molecule has 1 aliphatic heterocycles. The van der Waals surface area contributed by atoms with Crippen LogP contribution < -0.4 is 0 Å². The summed E-state index contributed by atoms with van der Waals surface area (Å²) in [7, 11) is 1.71. The average molecular weight is 487 g/mol. The van der Waals surface area contributed by atoms with Gasteiger partial charge in [0.2, 0.25) is 0 Å². The van der Waals surface area contributed by atoms with E-state index in [1.54, 1.807) is 12.0 Å². The van der Waals surface area contributed by atoms with E-state index in [-0.39, 0.29) is 24.5 Å².